The zero-order valence-corrected chi connectivity index (χ0v) is 11.0. The molecule has 0 atom stereocenters. The van der Waals surface area contributed by atoms with Crippen LogP contribution in [-0.2, 0) is 6.42 Å². The number of nitrogens with two attached hydrogens (primary N) is 1. The van der Waals surface area contributed by atoms with Gasteiger partial charge in [-0.1, -0.05) is 18.5 Å². The summed E-state index contributed by atoms with van der Waals surface area (Å²) < 4.78 is 5.18. The van der Waals surface area contributed by atoms with E-state index in [1.807, 2.05) is 19.1 Å². The average Bonchev–Trinajstić information content (AvgIpc) is 2.38. The first-order valence-electron chi connectivity index (χ1n) is 5.61. The van der Waals surface area contributed by atoms with Gasteiger partial charge in [-0.2, -0.15) is 0 Å². The van der Waals surface area contributed by atoms with E-state index in [2.05, 4.69) is 9.97 Å². The third kappa shape index (κ3) is 2.54. The van der Waals surface area contributed by atoms with E-state index in [1.165, 1.54) is 0 Å². The lowest BCUT2D eigenvalue weighted by Gasteiger charge is -2.08. The number of nitrogens with zero attached hydrogens (tertiary/aromatic N) is 2. The normalized spacial score (nSPS) is 10.4. The van der Waals surface area contributed by atoms with Crippen LogP contribution in [0.4, 0.5) is 5.95 Å². The van der Waals surface area contributed by atoms with E-state index in [1.54, 1.807) is 19.2 Å². The number of anilines is 1. The van der Waals surface area contributed by atoms with Crippen LogP contribution in [0.2, 0.25) is 5.02 Å². The Morgan fingerprint density at radius 2 is 2.06 bits per heavy atom. The summed E-state index contributed by atoms with van der Waals surface area (Å²) in [6.45, 7) is 2.01. The summed E-state index contributed by atoms with van der Waals surface area (Å²) in [6, 6.07) is 7.30. The summed E-state index contributed by atoms with van der Waals surface area (Å²) in [6.07, 6.45) is 0.793. The minimum atomic E-state index is 0.253. The molecule has 0 bridgehead atoms. The van der Waals surface area contributed by atoms with Crippen molar-refractivity contribution in [2.24, 2.45) is 0 Å². The number of aryl methyl sites for hydroxylation is 1. The predicted octanol–water partition coefficient (Wildman–Crippen LogP) is 2.95. The van der Waals surface area contributed by atoms with Crippen molar-refractivity contribution in [1.82, 2.24) is 9.97 Å². The first-order chi connectivity index (χ1) is 8.63. The van der Waals surface area contributed by atoms with Crippen molar-refractivity contribution in [3.8, 4) is 17.0 Å². The summed E-state index contributed by atoms with van der Waals surface area (Å²) in [7, 11) is 1.61. The van der Waals surface area contributed by atoms with Crippen LogP contribution in [0, 0.1) is 0 Å². The Hall–Kier alpha value is -1.81. The number of ether oxygens (including phenoxy) is 1. The Balaban J connectivity index is 2.56. The van der Waals surface area contributed by atoms with Crippen molar-refractivity contribution in [1.29, 1.82) is 0 Å². The van der Waals surface area contributed by atoms with Crippen molar-refractivity contribution in [3.05, 3.63) is 35.0 Å². The second-order valence-corrected chi connectivity index (χ2v) is 4.21. The highest BCUT2D eigenvalue weighted by Crippen LogP contribution is 2.30. The number of aromatic nitrogens is 2. The van der Waals surface area contributed by atoms with Crippen LogP contribution in [0.3, 0.4) is 0 Å². The van der Waals surface area contributed by atoms with Gasteiger partial charge in [-0.3, -0.25) is 0 Å². The van der Waals surface area contributed by atoms with Crippen LogP contribution in [-0.4, -0.2) is 17.1 Å². The van der Waals surface area contributed by atoms with Gasteiger partial charge < -0.3 is 10.5 Å². The first kappa shape index (κ1) is 12.6. The van der Waals surface area contributed by atoms with Crippen molar-refractivity contribution < 1.29 is 4.74 Å². The molecule has 5 heteroatoms. The van der Waals surface area contributed by atoms with E-state index >= 15 is 0 Å². The quantitative estimate of drug-likeness (QED) is 0.925. The number of rotatable bonds is 3. The molecule has 94 valence electrons. The fraction of sp³-hybridized carbons (Fsp3) is 0.231. The molecular formula is C13H14ClN3O. The Morgan fingerprint density at radius 3 is 2.72 bits per heavy atom. The molecule has 4 nitrogen and oxygen atoms in total. The lowest BCUT2D eigenvalue weighted by atomic mass is 10.1. The van der Waals surface area contributed by atoms with Crippen molar-refractivity contribution in [3.63, 3.8) is 0 Å². The zero-order chi connectivity index (χ0) is 13.1. The topological polar surface area (TPSA) is 61.0 Å². The number of methoxy groups -OCH3 is 1. The van der Waals surface area contributed by atoms with Crippen LogP contribution in [0.5, 0.6) is 5.75 Å². The van der Waals surface area contributed by atoms with Crippen LogP contribution in [0.1, 0.15) is 12.6 Å². The Morgan fingerprint density at radius 1 is 1.28 bits per heavy atom. The average molecular weight is 264 g/mol. The molecule has 1 heterocycles. The van der Waals surface area contributed by atoms with E-state index in [0.29, 0.717) is 10.7 Å². The van der Waals surface area contributed by atoms with E-state index in [0.717, 1.165) is 23.4 Å². The molecular weight excluding hydrogens is 250 g/mol. The third-order valence-corrected chi connectivity index (χ3v) is 2.94. The first-order valence-corrected chi connectivity index (χ1v) is 5.99. The van der Waals surface area contributed by atoms with Gasteiger partial charge in [0.2, 0.25) is 5.95 Å². The maximum Gasteiger partial charge on any atom is 0.220 e. The largest absolute Gasteiger partial charge is 0.497 e. The fourth-order valence-corrected chi connectivity index (χ4v) is 1.88. The lowest BCUT2D eigenvalue weighted by molar-refractivity contribution is 0.415. The molecule has 18 heavy (non-hydrogen) atoms. The minimum absolute atomic E-state index is 0.253. The Bertz CT molecular complexity index is 572. The van der Waals surface area contributed by atoms with Gasteiger partial charge in [-0.15, -0.1) is 0 Å². The molecule has 0 radical (unpaired) electrons. The van der Waals surface area contributed by atoms with Crippen LogP contribution in [0.25, 0.3) is 11.3 Å². The minimum Gasteiger partial charge on any atom is -0.497 e. The third-order valence-electron chi connectivity index (χ3n) is 2.61. The Labute approximate surface area is 111 Å². The van der Waals surface area contributed by atoms with Gasteiger partial charge in [0, 0.05) is 11.3 Å². The maximum atomic E-state index is 6.18. The van der Waals surface area contributed by atoms with Gasteiger partial charge in [0.15, 0.2) is 0 Å². The predicted molar refractivity (Wildman–Crippen MR) is 72.8 cm³/mol. The molecule has 1 aromatic carbocycles. The smallest absolute Gasteiger partial charge is 0.220 e. The van der Waals surface area contributed by atoms with E-state index in [4.69, 9.17) is 22.1 Å². The van der Waals surface area contributed by atoms with Crippen LogP contribution in [0.15, 0.2) is 24.3 Å². The van der Waals surface area contributed by atoms with Crippen molar-refractivity contribution >= 4 is 17.5 Å². The molecule has 2 N–H and O–H groups in total. The number of halogens is 1. The van der Waals surface area contributed by atoms with Crippen LogP contribution >= 0.6 is 11.6 Å². The highest BCUT2D eigenvalue weighted by molar-refractivity contribution is 6.33. The number of benzene rings is 1. The highest BCUT2D eigenvalue weighted by atomic mass is 35.5. The molecule has 0 spiro atoms. The molecule has 0 aliphatic rings. The molecule has 2 rings (SSSR count). The number of nitrogen functional groups attached to an aromatic ring is 1. The summed E-state index contributed by atoms with van der Waals surface area (Å²) in [5.41, 5.74) is 8.08. The highest BCUT2D eigenvalue weighted by Gasteiger charge is 2.09. The Kier molecular flexibility index (Phi) is 3.67. The molecule has 0 saturated carbocycles. The van der Waals surface area contributed by atoms with E-state index in [9.17, 15) is 0 Å². The standard InChI is InChI=1S/C13H14ClN3O/c1-3-8-6-12(17-13(15)16-8)10-7-9(18-2)4-5-11(10)14/h4-7H,3H2,1-2H3,(H2,15,16,17). The number of hydrogen-bond donors (Lipinski definition) is 1. The molecule has 0 saturated heterocycles. The second-order valence-electron chi connectivity index (χ2n) is 3.80. The van der Waals surface area contributed by atoms with Gasteiger partial charge in [-0.25, -0.2) is 9.97 Å². The summed E-state index contributed by atoms with van der Waals surface area (Å²) in [5.74, 6) is 0.980. The molecule has 2 aromatic rings. The monoisotopic (exact) mass is 263 g/mol. The maximum absolute atomic E-state index is 6.18. The van der Waals surface area contributed by atoms with Gasteiger partial charge in [0.05, 0.1) is 17.8 Å². The molecule has 0 amide bonds. The van der Waals surface area contributed by atoms with E-state index in [-0.39, 0.29) is 5.95 Å². The van der Waals surface area contributed by atoms with Gasteiger partial charge in [0.1, 0.15) is 5.75 Å². The summed E-state index contributed by atoms with van der Waals surface area (Å²) in [5, 5.41) is 0.607. The summed E-state index contributed by atoms with van der Waals surface area (Å²) >= 11 is 6.18. The molecule has 0 aliphatic heterocycles. The molecule has 0 fully saturated rings. The van der Waals surface area contributed by atoms with Crippen molar-refractivity contribution in [2.75, 3.05) is 12.8 Å². The number of hydrogen-bond acceptors (Lipinski definition) is 4. The van der Waals surface area contributed by atoms with E-state index < -0.39 is 0 Å². The molecule has 1 aromatic heterocycles. The van der Waals surface area contributed by atoms with Crippen molar-refractivity contribution in [2.45, 2.75) is 13.3 Å². The SMILES string of the molecule is CCc1cc(-c2cc(OC)ccc2Cl)nc(N)n1. The van der Waals surface area contributed by atoms with Gasteiger partial charge in [0.25, 0.3) is 0 Å². The lowest BCUT2D eigenvalue weighted by Crippen LogP contribution is -2.00. The van der Waals surface area contributed by atoms with Crippen LogP contribution < -0.4 is 10.5 Å². The molecule has 0 aliphatic carbocycles. The fourth-order valence-electron chi connectivity index (χ4n) is 1.66. The summed E-state index contributed by atoms with van der Waals surface area (Å²) in [4.78, 5) is 8.36. The molecule has 0 unspecified atom stereocenters. The van der Waals surface area contributed by atoms with Gasteiger partial charge >= 0.3 is 0 Å². The second kappa shape index (κ2) is 5.23. The zero-order valence-electron chi connectivity index (χ0n) is 10.3. The van der Waals surface area contributed by atoms with Gasteiger partial charge in [-0.05, 0) is 30.7 Å².